The number of nitrogens with zero attached hydrogens (tertiary/aromatic N) is 3. The van der Waals surface area contributed by atoms with E-state index in [-0.39, 0.29) is 12.4 Å². The highest BCUT2D eigenvalue weighted by Crippen LogP contribution is 2.23. The van der Waals surface area contributed by atoms with E-state index < -0.39 is 0 Å². The average Bonchev–Trinajstić information content (AvgIpc) is 2.91. The quantitative estimate of drug-likeness (QED) is 0.800. The van der Waals surface area contributed by atoms with Gasteiger partial charge in [-0.1, -0.05) is 47.7 Å². The van der Waals surface area contributed by atoms with Gasteiger partial charge in [0.25, 0.3) is 0 Å². The maximum Gasteiger partial charge on any atom is 0.123 e. The van der Waals surface area contributed by atoms with Crippen molar-refractivity contribution in [3.05, 3.63) is 71.7 Å². The van der Waals surface area contributed by atoms with E-state index in [2.05, 4.69) is 10.3 Å². The lowest BCUT2D eigenvalue weighted by Gasteiger charge is -2.08. The molecule has 1 aromatic heterocycles. The summed E-state index contributed by atoms with van der Waals surface area (Å²) < 4.78 is 15.2. The molecule has 0 saturated heterocycles. The SMILES string of the molecule is NCc1nnn(Cc2ccccc2)c1-c1cccc(F)c1. The zero-order valence-electron chi connectivity index (χ0n) is 11.4. The van der Waals surface area contributed by atoms with Gasteiger partial charge in [0.15, 0.2) is 0 Å². The lowest BCUT2D eigenvalue weighted by Crippen LogP contribution is -2.05. The predicted octanol–water partition coefficient (Wildman–Crippen LogP) is 2.59. The van der Waals surface area contributed by atoms with Crippen molar-refractivity contribution >= 4 is 0 Å². The Labute approximate surface area is 122 Å². The third kappa shape index (κ3) is 2.83. The number of benzene rings is 2. The minimum atomic E-state index is -0.289. The number of aromatic nitrogens is 3. The molecule has 106 valence electrons. The zero-order chi connectivity index (χ0) is 14.7. The third-order valence-corrected chi connectivity index (χ3v) is 3.27. The molecule has 2 aromatic carbocycles. The van der Waals surface area contributed by atoms with Crippen LogP contribution in [0.1, 0.15) is 11.3 Å². The van der Waals surface area contributed by atoms with Crippen molar-refractivity contribution in [2.45, 2.75) is 13.1 Å². The molecule has 0 aliphatic heterocycles. The van der Waals surface area contributed by atoms with E-state index in [9.17, 15) is 4.39 Å². The fourth-order valence-electron chi connectivity index (χ4n) is 2.30. The molecule has 3 rings (SSSR count). The molecular weight excluding hydrogens is 267 g/mol. The second kappa shape index (κ2) is 5.85. The molecule has 21 heavy (non-hydrogen) atoms. The van der Waals surface area contributed by atoms with Gasteiger partial charge in [0.05, 0.1) is 12.2 Å². The number of rotatable bonds is 4. The van der Waals surface area contributed by atoms with Crippen LogP contribution < -0.4 is 5.73 Å². The van der Waals surface area contributed by atoms with Crippen molar-refractivity contribution in [1.29, 1.82) is 0 Å². The van der Waals surface area contributed by atoms with E-state index in [4.69, 9.17) is 5.73 Å². The van der Waals surface area contributed by atoms with Crippen LogP contribution in [0.25, 0.3) is 11.3 Å². The van der Waals surface area contributed by atoms with Gasteiger partial charge in [0.2, 0.25) is 0 Å². The Bertz CT molecular complexity index is 737. The Hall–Kier alpha value is -2.53. The summed E-state index contributed by atoms with van der Waals surface area (Å²) >= 11 is 0. The molecule has 0 aliphatic carbocycles. The van der Waals surface area contributed by atoms with Gasteiger partial charge in [0.1, 0.15) is 11.5 Å². The van der Waals surface area contributed by atoms with Crippen molar-refractivity contribution in [2.75, 3.05) is 0 Å². The molecule has 3 aromatic rings. The number of nitrogens with two attached hydrogens (primary N) is 1. The van der Waals surface area contributed by atoms with Gasteiger partial charge in [-0.15, -0.1) is 5.10 Å². The molecule has 1 heterocycles. The molecule has 2 N–H and O–H groups in total. The van der Waals surface area contributed by atoms with Crippen LogP contribution in [0.5, 0.6) is 0 Å². The standard InChI is InChI=1S/C16H15FN4/c17-14-8-4-7-13(9-14)16-15(10-18)19-20-21(16)11-12-5-2-1-3-6-12/h1-9H,10-11,18H2. The topological polar surface area (TPSA) is 56.7 Å². The molecule has 0 bridgehead atoms. The summed E-state index contributed by atoms with van der Waals surface area (Å²) in [7, 11) is 0. The van der Waals surface area contributed by atoms with Crippen LogP contribution in [0.4, 0.5) is 4.39 Å². The van der Waals surface area contributed by atoms with Crippen LogP contribution in [0.2, 0.25) is 0 Å². The molecule has 0 saturated carbocycles. The van der Waals surface area contributed by atoms with Gasteiger partial charge in [-0.25, -0.2) is 9.07 Å². The van der Waals surface area contributed by atoms with Crippen LogP contribution in [0.15, 0.2) is 54.6 Å². The summed E-state index contributed by atoms with van der Waals surface area (Å²) in [5.41, 5.74) is 8.98. The fourth-order valence-corrected chi connectivity index (χ4v) is 2.30. The minimum Gasteiger partial charge on any atom is -0.325 e. The molecule has 0 unspecified atom stereocenters. The van der Waals surface area contributed by atoms with Crippen molar-refractivity contribution in [2.24, 2.45) is 5.73 Å². The molecule has 0 radical (unpaired) electrons. The Balaban J connectivity index is 2.04. The van der Waals surface area contributed by atoms with Crippen LogP contribution in [-0.2, 0) is 13.1 Å². The van der Waals surface area contributed by atoms with Crippen LogP contribution in [0.3, 0.4) is 0 Å². The van der Waals surface area contributed by atoms with Gasteiger partial charge in [-0.3, -0.25) is 0 Å². The maximum atomic E-state index is 13.5. The zero-order valence-corrected chi connectivity index (χ0v) is 11.4. The second-order valence-electron chi connectivity index (χ2n) is 4.74. The van der Waals surface area contributed by atoms with Gasteiger partial charge < -0.3 is 5.73 Å². The van der Waals surface area contributed by atoms with E-state index in [0.29, 0.717) is 12.2 Å². The third-order valence-electron chi connectivity index (χ3n) is 3.27. The van der Waals surface area contributed by atoms with Gasteiger partial charge in [-0.05, 0) is 17.7 Å². The van der Waals surface area contributed by atoms with E-state index in [0.717, 1.165) is 16.8 Å². The number of halogens is 1. The second-order valence-corrected chi connectivity index (χ2v) is 4.74. The first-order valence-corrected chi connectivity index (χ1v) is 6.70. The monoisotopic (exact) mass is 282 g/mol. The molecule has 0 atom stereocenters. The summed E-state index contributed by atoms with van der Waals surface area (Å²) in [5.74, 6) is -0.289. The maximum absolute atomic E-state index is 13.5. The summed E-state index contributed by atoms with van der Waals surface area (Å²) in [5, 5.41) is 8.25. The van der Waals surface area contributed by atoms with E-state index >= 15 is 0 Å². The first-order valence-electron chi connectivity index (χ1n) is 6.70. The lowest BCUT2D eigenvalue weighted by molar-refractivity contribution is 0.626. The van der Waals surface area contributed by atoms with Crippen molar-refractivity contribution < 1.29 is 4.39 Å². The minimum absolute atomic E-state index is 0.265. The Morgan fingerprint density at radius 2 is 1.86 bits per heavy atom. The molecular formula is C16H15FN4. The molecule has 5 heteroatoms. The molecule has 0 spiro atoms. The van der Waals surface area contributed by atoms with Crippen LogP contribution in [-0.4, -0.2) is 15.0 Å². The van der Waals surface area contributed by atoms with Crippen LogP contribution >= 0.6 is 0 Å². The highest BCUT2D eigenvalue weighted by atomic mass is 19.1. The van der Waals surface area contributed by atoms with Crippen molar-refractivity contribution in [1.82, 2.24) is 15.0 Å². The van der Waals surface area contributed by atoms with E-state index in [1.165, 1.54) is 12.1 Å². The summed E-state index contributed by atoms with van der Waals surface area (Å²) in [6, 6.07) is 16.3. The van der Waals surface area contributed by atoms with E-state index in [1.807, 2.05) is 36.4 Å². The molecule has 0 fully saturated rings. The van der Waals surface area contributed by atoms with E-state index in [1.54, 1.807) is 10.7 Å². The Morgan fingerprint density at radius 1 is 1.05 bits per heavy atom. The Morgan fingerprint density at radius 3 is 2.57 bits per heavy atom. The first kappa shape index (κ1) is 13.5. The van der Waals surface area contributed by atoms with Gasteiger partial charge in [0, 0.05) is 12.1 Å². The van der Waals surface area contributed by atoms with Crippen molar-refractivity contribution in [3.8, 4) is 11.3 Å². The largest absolute Gasteiger partial charge is 0.325 e. The van der Waals surface area contributed by atoms with Crippen molar-refractivity contribution in [3.63, 3.8) is 0 Å². The lowest BCUT2D eigenvalue weighted by atomic mass is 10.1. The molecule has 4 nitrogen and oxygen atoms in total. The first-order chi connectivity index (χ1) is 10.3. The molecule has 0 aliphatic rings. The number of hydrogen-bond donors (Lipinski definition) is 1. The Kier molecular flexibility index (Phi) is 3.75. The number of hydrogen-bond acceptors (Lipinski definition) is 3. The average molecular weight is 282 g/mol. The summed E-state index contributed by atoms with van der Waals surface area (Å²) in [6.45, 7) is 0.834. The summed E-state index contributed by atoms with van der Waals surface area (Å²) in [6.07, 6.45) is 0. The highest BCUT2D eigenvalue weighted by molar-refractivity contribution is 5.62. The normalized spacial score (nSPS) is 10.8. The van der Waals surface area contributed by atoms with Gasteiger partial charge >= 0.3 is 0 Å². The summed E-state index contributed by atoms with van der Waals surface area (Å²) in [4.78, 5) is 0. The fraction of sp³-hybridized carbons (Fsp3) is 0.125. The smallest absolute Gasteiger partial charge is 0.123 e. The molecule has 0 amide bonds. The highest BCUT2D eigenvalue weighted by Gasteiger charge is 2.14. The van der Waals surface area contributed by atoms with Crippen LogP contribution in [0, 0.1) is 5.82 Å². The van der Waals surface area contributed by atoms with Gasteiger partial charge in [-0.2, -0.15) is 0 Å². The predicted molar refractivity (Wildman–Crippen MR) is 78.9 cm³/mol.